The molecule has 1 aliphatic heterocycles. The maximum Gasteiger partial charge on any atom is 0.244 e. The Morgan fingerprint density at radius 3 is 2.33 bits per heavy atom. The summed E-state index contributed by atoms with van der Waals surface area (Å²) in [5.74, 6) is 1.24. The van der Waals surface area contributed by atoms with Crippen molar-refractivity contribution in [2.24, 2.45) is 0 Å². The van der Waals surface area contributed by atoms with Gasteiger partial charge in [0.1, 0.15) is 16.4 Å². The van der Waals surface area contributed by atoms with Gasteiger partial charge in [-0.25, -0.2) is 13.1 Å². The number of nitrogens with one attached hydrogen (secondary N) is 1. The Balaban J connectivity index is 1.54. The van der Waals surface area contributed by atoms with Crippen LogP contribution >= 0.6 is 0 Å². The Kier molecular flexibility index (Phi) is 7.58. The van der Waals surface area contributed by atoms with Gasteiger partial charge in [0.25, 0.3) is 0 Å². The molecular weight excluding hydrogens is 402 g/mol. The molecule has 0 saturated carbocycles. The fourth-order valence-corrected chi connectivity index (χ4v) is 4.91. The molecule has 0 unspecified atom stereocenters. The predicted molar refractivity (Wildman–Crippen MR) is 119 cm³/mol. The molecule has 7 nitrogen and oxygen atoms in total. The quantitative estimate of drug-likeness (QED) is 0.655. The molecule has 0 amide bonds. The highest BCUT2D eigenvalue weighted by Gasteiger charge is 2.22. The van der Waals surface area contributed by atoms with Crippen LogP contribution in [0.15, 0.2) is 47.4 Å². The maximum absolute atomic E-state index is 12.8. The summed E-state index contributed by atoms with van der Waals surface area (Å²) in [6.07, 6.45) is 0.767. The van der Waals surface area contributed by atoms with Crippen molar-refractivity contribution in [3.8, 4) is 11.5 Å². The largest absolute Gasteiger partial charge is 0.495 e. The fourth-order valence-electron chi connectivity index (χ4n) is 3.67. The van der Waals surface area contributed by atoms with Crippen LogP contribution in [0.1, 0.15) is 12.5 Å². The van der Waals surface area contributed by atoms with E-state index in [0.717, 1.165) is 49.6 Å². The molecule has 30 heavy (non-hydrogen) atoms. The molecule has 0 spiro atoms. The van der Waals surface area contributed by atoms with E-state index in [1.54, 1.807) is 19.2 Å². The number of aryl methyl sites for hydroxylation is 1. The van der Waals surface area contributed by atoms with Gasteiger partial charge in [0.15, 0.2) is 0 Å². The van der Waals surface area contributed by atoms with Crippen molar-refractivity contribution >= 4 is 15.7 Å². The lowest BCUT2D eigenvalue weighted by Crippen LogP contribution is -2.48. The first kappa shape index (κ1) is 22.4. The highest BCUT2D eigenvalue weighted by molar-refractivity contribution is 7.89. The average Bonchev–Trinajstić information content (AvgIpc) is 2.79. The number of ether oxygens (including phenoxy) is 2. The minimum absolute atomic E-state index is 0.199. The van der Waals surface area contributed by atoms with Gasteiger partial charge in [-0.2, -0.15) is 0 Å². The number of methoxy groups -OCH3 is 2. The van der Waals surface area contributed by atoms with Crippen molar-refractivity contribution in [3.63, 3.8) is 0 Å². The average molecular weight is 434 g/mol. The smallest absolute Gasteiger partial charge is 0.244 e. The Hall–Kier alpha value is -2.29. The number of hydrogen-bond acceptors (Lipinski definition) is 6. The van der Waals surface area contributed by atoms with E-state index >= 15 is 0 Å². The summed E-state index contributed by atoms with van der Waals surface area (Å²) in [4.78, 5) is 4.78. The molecule has 3 rings (SSSR count). The van der Waals surface area contributed by atoms with Crippen LogP contribution in [0.25, 0.3) is 0 Å². The van der Waals surface area contributed by atoms with Gasteiger partial charge in [0, 0.05) is 39.3 Å². The van der Waals surface area contributed by atoms with E-state index in [1.807, 2.05) is 31.2 Å². The molecule has 0 aliphatic carbocycles. The Labute approximate surface area is 179 Å². The first-order chi connectivity index (χ1) is 14.5. The molecule has 2 aromatic carbocycles. The van der Waals surface area contributed by atoms with Gasteiger partial charge in [0.2, 0.25) is 10.0 Å². The minimum atomic E-state index is -3.63. The number of rotatable bonds is 9. The normalized spacial score (nSPS) is 15.2. The molecule has 2 aromatic rings. The number of sulfonamides is 1. The zero-order valence-electron chi connectivity index (χ0n) is 17.9. The van der Waals surface area contributed by atoms with Gasteiger partial charge in [-0.05, 0) is 36.2 Å². The lowest BCUT2D eigenvalue weighted by atomic mass is 10.2. The van der Waals surface area contributed by atoms with Crippen LogP contribution in [0.3, 0.4) is 0 Å². The SMILES string of the molecule is CCc1ccc(OC)c(S(=O)(=O)NCCN2CCN(c3ccccc3OC)CC2)c1. The van der Waals surface area contributed by atoms with E-state index in [2.05, 4.69) is 20.6 Å². The number of anilines is 1. The summed E-state index contributed by atoms with van der Waals surface area (Å²) in [5.41, 5.74) is 2.06. The molecular formula is C22H31N3O4S. The van der Waals surface area contributed by atoms with Crippen molar-refractivity contribution in [3.05, 3.63) is 48.0 Å². The Bertz CT molecular complexity index is 941. The molecule has 0 radical (unpaired) electrons. The van der Waals surface area contributed by atoms with Crippen molar-refractivity contribution in [1.29, 1.82) is 0 Å². The van der Waals surface area contributed by atoms with Gasteiger partial charge in [-0.15, -0.1) is 0 Å². The van der Waals surface area contributed by atoms with Gasteiger partial charge < -0.3 is 14.4 Å². The van der Waals surface area contributed by atoms with E-state index in [4.69, 9.17) is 9.47 Å². The zero-order chi connectivity index (χ0) is 21.6. The number of piperazine rings is 1. The molecule has 1 N–H and O–H groups in total. The number of nitrogens with zero attached hydrogens (tertiary/aromatic N) is 2. The van der Waals surface area contributed by atoms with E-state index in [1.165, 1.54) is 7.11 Å². The predicted octanol–water partition coefficient (Wildman–Crippen LogP) is 2.37. The van der Waals surface area contributed by atoms with E-state index in [9.17, 15) is 8.42 Å². The van der Waals surface area contributed by atoms with Gasteiger partial charge in [0.05, 0.1) is 19.9 Å². The van der Waals surface area contributed by atoms with Gasteiger partial charge >= 0.3 is 0 Å². The lowest BCUT2D eigenvalue weighted by Gasteiger charge is -2.36. The van der Waals surface area contributed by atoms with Crippen LogP contribution in [0.2, 0.25) is 0 Å². The van der Waals surface area contributed by atoms with Crippen LogP contribution in [0.5, 0.6) is 11.5 Å². The standard InChI is InChI=1S/C22H31N3O4S/c1-4-18-9-10-21(29-3)22(17-18)30(26,27)23-11-12-24-13-15-25(16-14-24)19-7-5-6-8-20(19)28-2/h5-10,17,23H,4,11-16H2,1-3H3. The highest BCUT2D eigenvalue weighted by Crippen LogP contribution is 2.28. The van der Waals surface area contributed by atoms with E-state index < -0.39 is 10.0 Å². The molecule has 1 aliphatic rings. The van der Waals surface area contributed by atoms with Crippen molar-refractivity contribution < 1.29 is 17.9 Å². The van der Waals surface area contributed by atoms with Gasteiger partial charge in [-0.3, -0.25) is 4.90 Å². The van der Waals surface area contributed by atoms with Crippen molar-refractivity contribution in [2.75, 3.05) is 58.4 Å². The third-order valence-corrected chi connectivity index (χ3v) is 6.93. The van der Waals surface area contributed by atoms with Crippen LogP contribution < -0.4 is 19.1 Å². The third-order valence-electron chi connectivity index (χ3n) is 5.44. The topological polar surface area (TPSA) is 71.1 Å². The van der Waals surface area contributed by atoms with E-state index in [0.29, 0.717) is 18.8 Å². The molecule has 1 heterocycles. The number of hydrogen-bond donors (Lipinski definition) is 1. The fraction of sp³-hybridized carbons (Fsp3) is 0.455. The summed E-state index contributed by atoms with van der Waals surface area (Å²) in [6.45, 7) is 6.50. The highest BCUT2D eigenvalue weighted by atomic mass is 32.2. The zero-order valence-corrected chi connectivity index (χ0v) is 18.7. The lowest BCUT2D eigenvalue weighted by molar-refractivity contribution is 0.261. The third kappa shape index (κ3) is 5.24. The summed E-state index contributed by atoms with van der Waals surface area (Å²) < 4.78 is 39.0. The summed E-state index contributed by atoms with van der Waals surface area (Å²) in [7, 11) is -0.454. The molecule has 8 heteroatoms. The minimum Gasteiger partial charge on any atom is -0.495 e. The number of benzene rings is 2. The van der Waals surface area contributed by atoms with Crippen LogP contribution in [-0.4, -0.2) is 66.8 Å². The molecule has 1 fully saturated rings. The second kappa shape index (κ2) is 10.1. The van der Waals surface area contributed by atoms with Crippen LogP contribution in [0, 0.1) is 0 Å². The molecule has 164 valence electrons. The van der Waals surface area contributed by atoms with Crippen molar-refractivity contribution in [1.82, 2.24) is 9.62 Å². The first-order valence-corrected chi connectivity index (χ1v) is 11.7. The molecule has 0 aromatic heterocycles. The second-order valence-corrected chi connectivity index (χ2v) is 8.97. The second-order valence-electron chi connectivity index (χ2n) is 7.24. The van der Waals surface area contributed by atoms with Crippen LogP contribution in [-0.2, 0) is 16.4 Å². The summed E-state index contributed by atoms with van der Waals surface area (Å²) in [6, 6.07) is 13.3. The summed E-state index contributed by atoms with van der Waals surface area (Å²) >= 11 is 0. The molecule has 1 saturated heterocycles. The maximum atomic E-state index is 12.8. The molecule has 0 bridgehead atoms. The van der Waals surface area contributed by atoms with E-state index in [-0.39, 0.29) is 4.90 Å². The Morgan fingerprint density at radius 1 is 0.967 bits per heavy atom. The molecule has 0 atom stereocenters. The Morgan fingerprint density at radius 2 is 1.67 bits per heavy atom. The first-order valence-electron chi connectivity index (χ1n) is 10.3. The monoisotopic (exact) mass is 433 g/mol. The van der Waals surface area contributed by atoms with Crippen LogP contribution in [0.4, 0.5) is 5.69 Å². The van der Waals surface area contributed by atoms with Gasteiger partial charge in [-0.1, -0.05) is 25.1 Å². The summed E-state index contributed by atoms with van der Waals surface area (Å²) in [5, 5.41) is 0. The van der Waals surface area contributed by atoms with Crippen molar-refractivity contribution in [2.45, 2.75) is 18.2 Å². The number of para-hydroxylation sites is 2.